The summed E-state index contributed by atoms with van der Waals surface area (Å²) in [6.07, 6.45) is 2.23. The molecule has 7 nitrogen and oxygen atoms in total. The van der Waals surface area contributed by atoms with Crippen molar-refractivity contribution in [3.63, 3.8) is 0 Å². The highest BCUT2D eigenvalue weighted by molar-refractivity contribution is 7.91. The molecule has 2 aliphatic rings. The van der Waals surface area contributed by atoms with E-state index in [0.29, 0.717) is 17.3 Å². The lowest BCUT2D eigenvalue weighted by atomic mass is 10.0. The Hall–Kier alpha value is -2.48. The second-order valence-electron chi connectivity index (χ2n) is 7.88. The molecule has 0 saturated carbocycles. The Balaban J connectivity index is 1.31. The summed E-state index contributed by atoms with van der Waals surface area (Å²) in [6, 6.07) is 8.94. The third kappa shape index (κ3) is 3.73. The van der Waals surface area contributed by atoms with E-state index in [9.17, 15) is 13.2 Å². The first-order chi connectivity index (χ1) is 13.2. The van der Waals surface area contributed by atoms with Gasteiger partial charge in [0.15, 0.2) is 27.9 Å². The predicted octanol–water partition coefficient (Wildman–Crippen LogP) is 2.20. The number of benzene rings is 1. The fraction of sp³-hybridized carbons (Fsp3) is 0.450. The highest BCUT2D eigenvalue weighted by atomic mass is 32.2. The average molecular weight is 405 g/mol. The number of ether oxygens (including phenoxy) is 2. The molecule has 8 heteroatoms. The maximum absolute atomic E-state index is 12.4. The van der Waals surface area contributed by atoms with Gasteiger partial charge < -0.3 is 18.8 Å². The van der Waals surface area contributed by atoms with Crippen molar-refractivity contribution in [2.75, 3.05) is 19.7 Å². The molecule has 28 heavy (non-hydrogen) atoms. The summed E-state index contributed by atoms with van der Waals surface area (Å²) in [4.78, 5) is 13.9. The van der Waals surface area contributed by atoms with Gasteiger partial charge >= 0.3 is 0 Å². The van der Waals surface area contributed by atoms with E-state index in [1.807, 2.05) is 26.0 Å². The number of sulfone groups is 1. The molecule has 1 fully saturated rings. The van der Waals surface area contributed by atoms with Crippen LogP contribution < -0.4 is 9.47 Å². The molecule has 0 aliphatic carbocycles. The van der Waals surface area contributed by atoms with E-state index < -0.39 is 15.1 Å². The van der Waals surface area contributed by atoms with Crippen molar-refractivity contribution in [2.24, 2.45) is 0 Å². The number of nitrogens with zero attached hydrogens (tertiary/aromatic N) is 1. The van der Waals surface area contributed by atoms with Crippen LogP contribution in [-0.4, -0.2) is 49.8 Å². The molecule has 0 atom stereocenters. The fourth-order valence-electron chi connectivity index (χ4n) is 3.51. The zero-order valence-electron chi connectivity index (χ0n) is 15.9. The van der Waals surface area contributed by atoms with Crippen LogP contribution in [-0.2, 0) is 26.8 Å². The summed E-state index contributed by atoms with van der Waals surface area (Å²) in [5.74, 6) is 1.25. The first-order valence-electron chi connectivity index (χ1n) is 9.19. The van der Waals surface area contributed by atoms with Crippen LogP contribution in [0.4, 0.5) is 0 Å². The molecule has 4 rings (SSSR count). The van der Waals surface area contributed by atoms with Gasteiger partial charge in [0.1, 0.15) is 17.1 Å². The predicted molar refractivity (Wildman–Crippen MR) is 102 cm³/mol. The van der Waals surface area contributed by atoms with Gasteiger partial charge in [-0.3, -0.25) is 4.79 Å². The number of hydrogen-bond acceptors (Lipinski definition) is 6. The lowest BCUT2D eigenvalue weighted by molar-refractivity contribution is -0.136. The number of fused-ring (bicyclic) bond motifs is 1. The molecule has 0 unspecified atom stereocenters. The number of furan rings is 1. The lowest BCUT2D eigenvalue weighted by Gasteiger charge is -2.38. The Morgan fingerprint density at radius 2 is 2.04 bits per heavy atom. The minimum absolute atomic E-state index is 0.146. The zero-order valence-corrected chi connectivity index (χ0v) is 16.7. The van der Waals surface area contributed by atoms with Crippen LogP contribution in [0.3, 0.4) is 0 Å². The molecule has 2 aromatic rings. The van der Waals surface area contributed by atoms with Crippen molar-refractivity contribution in [3.05, 3.63) is 47.9 Å². The summed E-state index contributed by atoms with van der Waals surface area (Å²) < 4.78 is 41.5. The summed E-state index contributed by atoms with van der Waals surface area (Å²) >= 11 is 0. The monoisotopic (exact) mass is 405 g/mol. The number of hydrogen-bond donors (Lipinski definition) is 0. The molecular formula is C20H23NO6S. The summed E-state index contributed by atoms with van der Waals surface area (Å²) in [5.41, 5.74) is 0.766. The molecule has 150 valence electrons. The maximum Gasteiger partial charge on any atom is 0.260 e. The van der Waals surface area contributed by atoms with Gasteiger partial charge in [-0.25, -0.2) is 8.42 Å². The van der Waals surface area contributed by atoms with Crippen molar-refractivity contribution in [1.29, 1.82) is 0 Å². The Labute approximate surface area is 164 Å². The summed E-state index contributed by atoms with van der Waals surface area (Å²) in [5, 5.41) is -0.563. The largest absolute Gasteiger partial charge is 0.483 e. The fourth-order valence-corrected chi connectivity index (χ4v) is 5.12. The van der Waals surface area contributed by atoms with Crippen molar-refractivity contribution in [1.82, 2.24) is 4.90 Å². The van der Waals surface area contributed by atoms with E-state index in [1.54, 1.807) is 18.2 Å². The number of likely N-dealkylation sites (tertiary alicyclic amines) is 1. The number of rotatable bonds is 6. The normalized spacial score (nSPS) is 18.3. The summed E-state index contributed by atoms with van der Waals surface area (Å²) in [6.45, 7) is 4.23. The van der Waals surface area contributed by atoms with Crippen molar-refractivity contribution in [3.8, 4) is 11.5 Å². The Morgan fingerprint density at radius 3 is 2.75 bits per heavy atom. The molecule has 3 heterocycles. The van der Waals surface area contributed by atoms with E-state index in [-0.39, 0.29) is 37.0 Å². The summed E-state index contributed by atoms with van der Waals surface area (Å²) in [7, 11) is -3.35. The first-order valence-corrected chi connectivity index (χ1v) is 10.9. The molecule has 0 spiro atoms. The Bertz CT molecular complexity index is 974. The highest BCUT2D eigenvalue weighted by Gasteiger charge is 2.40. The van der Waals surface area contributed by atoms with Crippen LogP contribution in [0.15, 0.2) is 41.0 Å². The number of carbonyl (C=O) groups is 1. The Morgan fingerprint density at radius 1 is 1.25 bits per heavy atom. The van der Waals surface area contributed by atoms with Crippen LogP contribution in [0.2, 0.25) is 0 Å². The standard InChI is InChI=1S/C20H23NO6S/c1-20(2)9-14-5-3-7-17(19(14)27-20)26-12-18(22)21-10-16(11-21)28(23,24)13-15-6-4-8-25-15/h3-8,16H,9-13H2,1-2H3. The van der Waals surface area contributed by atoms with E-state index in [4.69, 9.17) is 13.9 Å². The molecular weight excluding hydrogens is 382 g/mol. The molecule has 0 radical (unpaired) electrons. The van der Waals surface area contributed by atoms with E-state index >= 15 is 0 Å². The number of carbonyl (C=O) groups excluding carboxylic acids is 1. The van der Waals surface area contributed by atoms with Crippen LogP contribution in [0.25, 0.3) is 0 Å². The van der Waals surface area contributed by atoms with Crippen molar-refractivity contribution in [2.45, 2.75) is 36.9 Å². The SMILES string of the molecule is CC1(C)Cc2cccc(OCC(=O)N3CC(S(=O)(=O)Cc4ccco4)C3)c2O1. The van der Waals surface area contributed by atoms with Crippen LogP contribution in [0.1, 0.15) is 25.2 Å². The van der Waals surface area contributed by atoms with Crippen LogP contribution >= 0.6 is 0 Å². The van der Waals surface area contributed by atoms with Gasteiger partial charge in [-0.05, 0) is 32.0 Å². The average Bonchev–Trinajstić information content (AvgIpc) is 3.16. The molecule has 1 amide bonds. The molecule has 0 N–H and O–H groups in total. The highest BCUT2D eigenvalue weighted by Crippen LogP contribution is 2.41. The third-order valence-corrected chi connectivity index (χ3v) is 7.04. The van der Waals surface area contributed by atoms with E-state index in [1.165, 1.54) is 11.2 Å². The van der Waals surface area contributed by atoms with Gasteiger partial charge in [0, 0.05) is 25.1 Å². The van der Waals surface area contributed by atoms with Crippen LogP contribution in [0, 0.1) is 0 Å². The maximum atomic E-state index is 12.4. The van der Waals surface area contributed by atoms with Gasteiger partial charge in [-0.2, -0.15) is 0 Å². The topological polar surface area (TPSA) is 86.0 Å². The zero-order chi connectivity index (χ0) is 19.9. The van der Waals surface area contributed by atoms with E-state index in [2.05, 4.69) is 0 Å². The van der Waals surface area contributed by atoms with Gasteiger partial charge in [0.25, 0.3) is 5.91 Å². The Kier molecular flexibility index (Phi) is 4.61. The lowest BCUT2D eigenvalue weighted by Crippen LogP contribution is -2.58. The second-order valence-corrected chi connectivity index (χ2v) is 10.2. The van der Waals surface area contributed by atoms with Gasteiger partial charge in [-0.15, -0.1) is 0 Å². The molecule has 2 aliphatic heterocycles. The number of amides is 1. The van der Waals surface area contributed by atoms with Gasteiger partial charge in [0.2, 0.25) is 0 Å². The minimum Gasteiger partial charge on any atom is -0.483 e. The molecule has 1 saturated heterocycles. The first kappa shape index (κ1) is 18.9. The van der Waals surface area contributed by atoms with Crippen molar-refractivity contribution < 1.29 is 27.1 Å². The minimum atomic E-state index is -3.35. The van der Waals surface area contributed by atoms with E-state index in [0.717, 1.165) is 12.0 Å². The van der Waals surface area contributed by atoms with Gasteiger partial charge in [-0.1, -0.05) is 12.1 Å². The quantitative estimate of drug-likeness (QED) is 0.732. The molecule has 1 aromatic heterocycles. The van der Waals surface area contributed by atoms with Crippen LogP contribution in [0.5, 0.6) is 11.5 Å². The third-order valence-electron chi connectivity index (χ3n) is 5.04. The molecule has 0 bridgehead atoms. The second kappa shape index (κ2) is 6.84. The molecule has 1 aromatic carbocycles. The van der Waals surface area contributed by atoms with Gasteiger partial charge in [0.05, 0.1) is 11.5 Å². The van der Waals surface area contributed by atoms with Crippen molar-refractivity contribution >= 4 is 15.7 Å². The number of para-hydroxylation sites is 1. The smallest absolute Gasteiger partial charge is 0.260 e.